The molecule has 25 heavy (non-hydrogen) atoms. The molecule has 2 aromatic carbocycles. The maximum atomic E-state index is 12.2. The number of rotatable bonds is 9. The highest BCUT2D eigenvalue weighted by Gasteiger charge is 2.09. The molecular weight excluding hydrogens is 314 g/mol. The quantitative estimate of drug-likeness (QED) is 0.652. The molecule has 0 saturated carbocycles. The van der Waals surface area contributed by atoms with E-state index >= 15 is 0 Å². The molecule has 0 aliphatic rings. The predicted molar refractivity (Wildman–Crippen MR) is 102 cm³/mol. The molecule has 0 atom stereocenters. The Morgan fingerprint density at radius 2 is 1.88 bits per heavy atom. The number of para-hydroxylation sites is 2. The van der Waals surface area contributed by atoms with Gasteiger partial charge in [-0.1, -0.05) is 51.5 Å². The molecule has 0 radical (unpaired) electrons. The molecule has 1 amide bonds. The number of benzene rings is 2. The van der Waals surface area contributed by atoms with E-state index in [1.807, 2.05) is 42.5 Å². The van der Waals surface area contributed by atoms with E-state index in [1.54, 1.807) is 0 Å². The first kappa shape index (κ1) is 18.8. The molecule has 134 valence electrons. The molecule has 0 saturated heterocycles. The summed E-state index contributed by atoms with van der Waals surface area (Å²) < 4.78 is 11.3. The molecule has 0 aliphatic heterocycles. The van der Waals surface area contributed by atoms with Gasteiger partial charge in [-0.2, -0.15) is 0 Å². The van der Waals surface area contributed by atoms with Gasteiger partial charge < -0.3 is 14.8 Å². The van der Waals surface area contributed by atoms with Gasteiger partial charge in [-0.3, -0.25) is 4.79 Å². The zero-order chi connectivity index (χ0) is 18.1. The molecule has 0 heterocycles. The van der Waals surface area contributed by atoms with Crippen LogP contribution in [0.5, 0.6) is 11.5 Å². The summed E-state index contributed by atoms with van der Waals surface area (Å²) in [7, 11) is 0. The van der Waals surface area contributed by atoms with Crippen molar-refractivity contribution in [3.63, 3.8) is 0 Å². The van der Waals surface area contributed by atoms with E-state index in [-0.39, 0.29) is 12.5 Å². The lowest BCUT2D eigenvalue weighted by molar-refractivity contribution is -0.118. The molecule has 4 nitrogen and oxygen atoms in total. The minimum atomic E-state index is -0.207. The zero-order valence-corrected chi connectivity index (χ0v) is 15.2. The fraction of sp³-hybridized carbons (Fsp3) is 0.381. The Morgan fingerprint density at radius 1 is 1.08 bits per heavy atom. The van der Waals surface area contributed by atoms with Crippen LogP contribution in [0.4, 0.5) is 5.69 Å². The first-order chi connectivity index (χ1) is 12.1. The molecule has 0 aromatic heterocycles. The predicted octanol–water partition coefficient (Wildman–Crippen LogP) is 5.01. The highest BCUT2D eigenvalue weighted by atomic mass is 16.5. The van der Waals surface area contributed by atoms with E-state index in [9.17, 15) is 4.79 Å². The summed E-state index contributed by atoms with van der Waals surface area (Å²) in [4.78, 5) is 12.2. The van der Waals surface area contributed by atoms with Crippen LogP contribution in [-0.4, -0.2) is 19.1 Å². The summed E-state index contributed by atoms with van der Waals surface area (Å²) in [5.41, 5.74) is 1.86. The third-order valence-electron chi connectivity index (χ3n) is 3.81. The Hall–Kier alpha value is -2.49. The van der Waals surface area contributed by atoms with Gasteiger partial charge >= 0.3 is 0 Å². The van der Waals surface area contributed by atoms with Crippen molar-refractivity contribution >= 4 is 11.6 Å². The molecule has 4 heteroatoms. The number of hydrogen-bond donors (Lipinski definition) is 1. The first-order valence-corrected chi connectivity index (χ1v) is 8.84. The number of ether oxygens (including phenoxy) is 2. The van der Waals surface area contributed by atoms with E-state index in [2.05, 4.69) is 32.2 Å². The first-order valence-electron chi connectivity index (χ1n) is 8.84. The lowest BCUT2D eigenvalue weighted by atomic mass is 10.0. The number of hydrogen-bond acceptors (Lipinski definition) is 3. The van der Waals surface area contributed by atoms with Crippen LogP contribution < -0.4 is 14.8 Å². The van der Waals surface area contributed by atoms with Crippen LogP contribution >= 0.6 is 0 Å². The summed E-state index contributed by atoms with van der Waals surface area (Å²) >= 11 is 0. The molecule has 0 bridgehead atoms. The highest BCUT2D eigenvalue weighted by Crippen LogP contribution is 2.24. The number of unbranched alkanes of at least 4 members (excludes halogenated alkanes) is 1. The van der Waals surface area contributed by atoms with Crippen LogP contribution in [0, 0.1) is 0 Å². The smallest absolute Gasteiger partial charge is 0.262 e. The Labute approximate surface area is 150 Å². The van der Waals surface area contributed by atoms with Crippen LogP contribution in [-0.2, 0) is 4.79 Å². The zero-order valence-electron chi connectivity index (χ0n) is 15.2. The van der Waals surface area contributed by atoms with E-state index in [0.29, 0.717) is 29.7 Å². The lowest BCUT2D eigenvalue weighted by Crippen LogP contribution is -2.20. The van der Waals surface area contributed by atoms with E-state index in [0.717, 1.165) is 12.8 Å². The van der Waals surface area contributed by atoms with Crippen molar-refractivity contribution in [2.24, 2.45) is 0 Å². The molecule has 0 fully saturated rings. The van der Waals surface area contributed by atoms with Gasteiger partial charge in [0.15, 0.2) is 6.61 Å². The summed E-state index contributed by atoms with van der Waals surface area (Å²) in [5.74, 6) is 1.60. The van der Waals surface area contributed by atoms with Crippen molar-refractivity contribution in [1.29, 1.82) is 0 Å². The number of nitrogens with one attached hydrogen (secondary N) is 1. The monoisotopic (exact) mass is 341 g/mol. The number of amides is 1. The Bertz CT molecular complexity index is 682. The molecule has 2 aromatic rings. The average molecular weight is 341 g/mol. The van der Waals surface area contributed by atoms with Gasteiger partial charge in [0.05, 0.1) is 12.3 Å². The molecule has 1 N–H and O–H groups in total. The lowest BCUT2D eigenvalue weighted by Gasteiger charge is -2.13. The standard InChI is InChI=1S/C21H27NO3/c1-4-5-13-24-20-12-7-6-11-19(20)22-21(23)15-25-18-10-8-9-17(14-18)16(2)3/h6-12,14,16H,4-5,13,15H2,1-3H3,(H,22,23). The average Bonchev–Trinajstić information content (AvgIpc) is 2.62. The van der Waals surface area contributed by atoms with E-state index in [4.69, 9.17) is 9.47 Å². The van der Waals surface area contributed by atoms with Gasteiger partial charge in [0.1, 0.15) is 11.5 Å². The molecule has 0 unspecified atom stereocenters. The van der Waals surface area contributed by atoms with Crippen LogP contribution in [0.25, 0.3) is 0 Å². The summed E-state index contributed by atoms with van der Waals surface area (Å²) in [6, 6.07) is 15.3. The van der Waals surface area contributed by atoms with Crippen LogP contribution in [0.2, 0.25) is 0 Å². The van der Waals surface area contributed by atoms with Gasteiger partial charge in [-0.15, -0.1) is 0 Å². The number of carbonyl (C=O) groups excluding carboxylic acids is 1. The topological polar surface area (TPSA) is 47.6 Å². The van der Waals surface area contributed by atoms with Crippen molar-refractivity contribution in [3.05, 3.63) is 54.1 Å². The van der Waals surface area contributed by atoms with E-state index in [1.165, 1.54) is 5.56 Å². The summed E-state index contributed by atoms with van der Waals surface area (Å²) in [6.45, 7) is 6.97. The third kappa shape index (κ3) is 6.14. The van der Waals surface area contributed by atoms with Crippen molar-refractivity contribution < 1.29 is 14.3 Å². The number of anilines is 1. The molecule has 2 rings (SSSR count). The van der Waals surface area contributed by atoms with Gasteiger partial charge in [-0.05, 0) is 42.2 Å². The van der Waals surface area contributed by atoms with Gasteiger partial charge in [0, 0.05) is 0 Å². The maximum Gasteiger partial charge on any atom is 0.262 e. The van der Waals surface area contributed by atoms with Crippen LogP contribution in [0.3, 0.4) is 0 Å². The second-order valence-electron chi connectivity index (χ2n) is 6.26. The molecular formula is C21H27NO3. The second-order valence-corrected chi connectivity index (χ2v) is 6.26. The Kier molecular flexibility index (Phi) is 7.33. The minimum Gasteiger partial charge on any atom is -0.491 e. The Morgan fingerprint density at radius 3 is 2.64 bits per heavy atom. The number of carbonyl (C=O) groups is 1. The molecule has 0 aliphatic carbocycles. The van der Waals surface area contributed by atoms with Crippen LogP contribution in [0.15, 0.2) is 48.5 Å². The third-order valence-corrected chi connectivity index (χ3v) is 3.81. The minimum absolute atomic E-state index is 0.0369. The van der Waals surface area contributed by atoms with Crippen molar-refractivity contribution in [3.8, 4) is 11.5 Å². The van der Waals surface area contributed by atoms with Crippen molar-refractivity contribution in [1.82, 2.24) is 0 Å². The SMILES string of the molecule is CCCCOc1ccccc1NC(=O)COc1cccc(C(C)C)c1. The fourth-order valence-corrected chi connectivity index (χ4v) is 2.32. The highest BCUT2D eigenvalue weighted by molar-refractivity contribution is 5.93. The van der Waals surface area contributed by atoms with Gasteiger partial charge in [0.25, 0.3) is 5.91 Å². The maximum absolute atomic E-state index is 12.2. The normalized spacial score (nSPS) is 10.6. The van der Waals surface area contributed by atoms with E-state index < -0.39 is 0 Å². The van der Waals surface area contributed by atoms with Crippen molar-refractivity contribution in [2.45, 2.75) is 39.5 Å². The summed E-state index contributed by atoms with van der Waals surface area (Å²) in [5, 5.41) is 2.86. The fourth-order valence-electron chi connectivity index (χ4n) is 2.32. The van der Waals surface area contributed by atoms with Crippen LogP contribution in [0.1, 0.15) is 45.1 Å². The largest absolute Gasteiger partial charge is 0.491 e. The second kappa shape index (κ2) is 9.72. The molecule has 0 spiro atoms. The van der Waals surface area contributed by atoms with Gasteiger partial charge in [-0.25, -0.2) is 0 Å². The Balaban J connectivity index is 1.91. The summed E-state index contributed by atoms with van der Waals surface area (Å²) in [6.07, 6.45) is 2.05. The van der Waals surface area contributed by atoms with Crippen molar-refractivity contribution in [2.75, 3.05) is 18.5 Å². The van der Waals surface area contributed by atoms with Gasteiger partial charge in [0.2, 0.25) is 0 Å².